The van der Waals surface area contributed by atoms with E-state index in [0.29, 0.717) is 17.7 Å². The van der Waals surface area contributed by atoms with E-state index in [0.717, 1.165) is 0 Å². The second-order valence-corrected chi connectivity index (χ2v) is 4.06. The Bertz CT molecular complexity index is 604. The predicted octanol–water partition coefficient (Wildman–Crippen LogP) is 2.36. The van der Waals surface area contributed by atoms with Crippen LogP contribution in [0.1, 0.15) is 17.2 Å². The van der Waals surface area contributed by atoms with Crippen LogP contribution in [0.3, 0.4) is 0 Å². The van der Waals surface area contributed by atoms with E-state index >= 15 is 0 Å². The van der Waals surface area contributed by atoms with Gasteiger partial charge in [0.05, 0.1) is 6.10 Å². The molecule has 0 aliphatic rings. The molecular formula is C13H11F3N2O. The van der Waals surface area contributed by atoms with Crippen LogP contribution < -0.4 is 5.73 Å². The second-order valence-electron chi connectivity index (χ2n) is 4.06. The van der Waals surface area contributed by atoms with Crippen LogP contribution in [0, 0.1) is 17.5 Å². The molecule has 0 saturated carbocycles. The SMILES string of the molecule is Nc1ncccc1CC(O)c1cc(F)c(F)cc1F. The number of nitrogens with zero attached hydrogens (tertiary/aromatic N) is 1. The Kier molecular flexibility index (Phi) is 3.71. The molecule has 0 amide bonds. The fourth-order valence-corrected chi connectivity index (χ4v) is 1.73. The van der Waals surface area contributed by atoms with Crippen LogP contribution in [0.4, 0.5) is 19.0 Å². The topological polar surface area (TPSA) is 59.1 Å². The highest BCUT2D eigenvalue weighted by atomic mass is 19.2. The van der Waals surface area contributed by atoms with Gasteiger partial charge >= 0.3 is 0 Å². The fourth-order valence-electron chi connectivity index (χ4n) is 1.73. The summed E-state index contributed by atoms with van der Waals surface area (Å²) in [5.74, 6) is -3.32. The van der Waals surface area contributed by atoms with Gasteiger partial charge in [-0.2, -0.15) is 0 Å². The molecule has 1 aromatic heterocycles. The number of aliphatic hydroxyl groups is 1. The predicted molar refractivity (Wildman–Crippen MR) is 63.6 cm³/mol. The third-order valence-corrected chi connectivity index (χ3v) is 2.74. The number of aliphatic hydroxyl groups excluding tert-OH is 1. The van der Waals surface area contributed by atoms with E-state index in [1.165, 1.54) is 6.20 Å². The summed E-state index contributed by atoms with van der Waals surface area (Å²) in [6, 6.07) is 4.27. The number of pyridine rings is 1. The van der Waals surface area contributed by atoms with Crippen molar-refractivity contribution in [1.82, 2.24) is 4.98 Å². The van der Waals surface area contributed by atoms with Crippen LogP contribution in [0.5, 0.6) is 0 Å². The van der Waals surface area contributed by atoms with Gasteiger partial charge in [-0.25, -0.2) is 18.2 Å². The van der Waals surface area contributed by atoms with Crippen LogP contribution >= 0.6 is 0 Å². The molecule has 2 rings (SSSR count). The van der Waals surface area contributed by atoms with Gasteiger partial charge in [-0.15, -0.1) is 0 Å². The standard InChI is InChI=1S/C13H11F3N2O/c14-9-6-11(16)10(15)5-8(9)12(19)4-7-2-1-3-18-13(7)17/h1-3,5-6,12,19H,4H2,(H2,17,18). The monoisotopic (exact) mass is 268 g/mol. The van der Waals surface area contributed by atoms with Crippen LogP contribution in [-0.4, -0.2) is 10.1 Å². The molecule has 0 radical (unpaired) electrons. The molecular weight excluding hydrogens is 257 g/mol. The minimum absolute atomic E-state index is 0.0400. The number of nitrogens with two attached hydrogens (primary N) is 1. The third kappa shape index (κ3) is 2.85. The molecule has 0 aliphatic heterocycles. The van der Waals surface area contributed by atoms with Crippen molar-refractivity contribution in [2.24, 2.45) is 0 Å². The van der Waals surface area contributed by atoms with E-state index < -0.39 is 23.6 Å². The summed E-state index contributed by atoms with van der Waals surface area (Å²) in [5.41, 5.74) is 5.77. The number of hydrogen-bond donors (Lipinski definition) is 2. The van der Waals surface area contributed by atoms with Gasteiger partial charge in [-0.1, -0.05) is 6.07 Å². The molecule has 0 aliphatic carbocycles. The molecule has 1 atom stereocenters. The highest BCUT2D eigenvalue weighted by Gasteiger charge is 2.18. The van der Waals surface area contributed by atoms with Crippen molar-refractivity contribution >= 4 is 5.82 Å². The van der Waals surface area contributed by atoms with Gasteiger partial charge in [-0.3, -0.25) is 0 Å². The highest BCUT2D eigenvalue weighted by molar-refractivity contribution is 5.39. The number of halogens is 3. The van der Waals surface area contributed by atoms with Gasteiger partial charge in [-0.05, 0) is 17.7 Å². The van der Waals surface area contributed by atoms with E-state index in [9.17, 15) is 18.3 Å². The average molecular weight is 268 g/mol. The lowest BCUT2D eigenvalue weighted by molar-refractivity contribution is 0.173. The average Bonchev–Trinajstić information content (AvgIpc) is 2.36. The first-order chi connectivity index (χ1) is 8.99. The second kappa shape index (κ2) is 5.27. The quantitative estimate of drug-likeness (QED) is 0.840. The zero-order valence-electron chi connectivity index (χ0n) is 9.78. The molecule has 3 N–H and O–H groups in total. The fraction of sp³-hybridized carbons (Fsp3) is 0.154. The number of anilines is 1. The van der Waals surface area contributed by atoms with Crippen LogP contribution in [-0.2, 0) is 6.42 Å². The zero-order chi connectivity index (χ0) is 14.0. The van der Waals surface area contributed by atoms with Gasteiger partial charge in [0.25, 0.3) is 0 Å². The van der Waals surface area contributed by atoms with Crippen molar-refractivity contribution in [3.05, 3.63) is 59.0 Å². The van der Waals surface area contributed by atoms with Crippen LogP contribution in [0.25, 0.3) is 0 Å². The molecule has 1 aromatic carbocycles. The Morgan fingerprint density at radius 2 is 1.84 bits per heavy atom. The number of aromatic nitrogens is 1. The van der Waals surface area contributed by atoms with Gasteiger partial charge in [0.15, 0.2) is 11.6 Å². The Balaban J connectivity index is 2.28. The smallest absolute Gasteiger partial charge is 0.161 e. The van der Waals surface area contributed by atoms with E-state index in [2.05, 4.69) is 4.98 Å². The molecule has 6 heteroatoms. The lowest BCUT2D eigenvalue weighted by Gasteiger charge is -2.13. The number of nitrogen functional groups attached to an aromatic ring is 1. The summed E-state index contributed by atoms with van der Waals surface area (Å²) in [5, 5.41) is 9.88. The number of benzene rings is 1. The molecule has 2 aromatic rings. The minimum atomic E-state index is -1.33. The van der Waals surface area contributed by atoms with Gasteiger partial charge in [0.2, 0.25) is 0 Å². The number of rotatable bonds is 3. The van der Waals surface area contributed by atoms with Gasteiger partial charge < -0.3 is 10.8 Å². The maximum Gasteiger partial charge on any atom is 0.161 e. The summed E-state index contributed by atoms with van der Waals surface area (Å²) in [6.45, 7) is 0. The minimum Gasteiger partial charge on any atom is -0.388 e. The summed E-state index contributed by atoms with van der Waals surface area (Å²) >= 11 is 0. The van der Waals surface area contributed by atoms with E-state index in [4.69, 9.17) is 5.73 Å². The van der Waals surface area contributed by atoms with E-state index in [-0.39, 0.29) is 17.8 Å². The van der Waals surface area contributed by atoms with Gasteiger partial charge in [0, 0.05) is 24.2 Å². The summed E-state index contributed by atoms with van der Waals surface area (Å²) in [6.07, 6.45) is 0.104. The molecule has 19 heavy (non-hydrogen) atoms. The molecule has 1 heterocycles. The summed E-state index contributed by atoms with van der Waals surface area (Å²) in [4.78, 5) is 3.82. The Morgan fingerprint density at radius 1 is 1.16 bits per heavy atom. The normalized spacial score (nSPS) is 12.4. The largest absolute Gasteiger partial charge is 0.388 e. The molecule has 0 spiro atoms. The molecule has 0 fully saturated rings. The Hall–Kier alpha value is -2.08. The lowest BCUT2D eigenvalue weighted by atomic mass is 10.0. The molecule has 100 valence electrons. The molecule has 0 bridgehead atoms. The Labute approximate surface area is 107 Å². The maximum atomic E-state index is 13.5. The zero-order valence-corrected chi connectivity index (χ0v) is 9.78. The van der Waals surface area contributed by atoms with Crippen molar-refractivity contribution in [2.75, 3.05) is 5.73 Å². The van der Waals surface area contributed by atoms with Crippen molar-refractivity contribution in [2.45, 2.75) is 12.5 Å². The van der Waals surface area contributed by atoms with Crippen molar-refractivity contribution in [3.8, 4) is 0 Å². The first-order valence-corrected chi connectivity index (χ1v) is 5.51. The molecule has 3 nitrogen and oxygen atoms in total. The summed E-state index contributed by atoms with van der Waals surface area (Å²) in [7, 11) is 0. The maximum absolute atomic E-state index is 13.5. The van der Waals surface area contributed by atoms with Crippen LogP contribution in [0.2, 0.25) is 0 Å². The van der Waals surface area contributed by atoms with Crippen molar-refractivity contribution in [1.29, 1.82) is 0 Å². The summed E-state index contributed by atoms with van der Waals surface area (Å²) < 4.78 is 39.3. The Morgan fingerprint density at radius 3 is 2.53 bits per heavy atom. The van der Waals surface area contributed by atoms with Crippen molar-refractivity contribution in [3.63, 3.8) is 0 Å². The molecule has 1 unspecified atom stereocenters. The first-order valence-electron chi connectivity index (χ1n) is 5.51. The van der Waals surface area contributed by atoms with E-state index in [1.54, 1.807) is 12.1 Å². The van der Waals surface area contributed by atoms with Crippen molar-refractivity contribution < 1.29 is 18.3 Å². The van der Waals surface area contributed by atoms with E-state index in [1.807, 2.05) is 0 Å². The number of hydrogen-bond acceptors (Lipinski definition) is 3. The van der Waals surface area contributed by atoms with Gasteiger partial charge in [0.1, 0.15) is 11.6 Å². The first kappa shape index (κ1) is 13.4. The third-order valence-electron chi connectivity index (χ3n) is 2.74. The lowest BCUT2D eigenvalue weighted by Crippen LogP contribution is -2.08. The molecule has 0 saturated heterocycles. The van der Waals surface area contributed by atoms with Crippen LogP contribution in [0.15, 0.2) is 30.5 Å². The highest BCUT2D eigenvalue weighted by Crippen LogP contribution is 2.24.